The van der Waals surface area contributed by atoms with Gasteiger partial charge in [0.25, 0.3) is 0 Å². The van der Waals surface area contributed by atoms with E-state index in [1.54, 1.807) is 6.08 Å². The second kappa shape index (κ2) is 8.86. The van der Waals surface area contributed by atoms with Gasteiger partial charge in [-0.1, -0.05) is 18.2 Å². The summed E-state index contributed by atoms with van der Waals surface area (Å²) in [5.74, 6) is 0.966. The van der Waals surface area contributed by atoms with E-state index >= 15 is 0 Å². The van der Waals surface area contributed by atoms with Crippen molar-refractivity contribution in [2.45, 2.75) is 25.8 Å². The molecule has 0 amide bonds. The van der Waals surface area contributed by atoms with Crippen LogP contribution in [0.3, 0.4) is 0 Å². The van der Waals surface area contributed by atoms with E-state index in [4.69, 9.17) is 10.7 Å². The van der Waals surface area contributed by atoms with Gasteiger partial charge >= 0.3 is 0 Å². The normalized spacial score (nSPS) is 14.4. The lowest BCUT2D eigenvalue weighted by Crippen LogP contribution is -2.30. The van der Waals surface area contributed by atoms with Gasteiger partial charge in [0, 0.05) is 24.0 Å². The van der Waals surface area contributed by atoms with Crippen LogP contribution in [0.25, 0.3) is 22.6 Å². The van der Waals surface area contributed by atoms with Crippen molar-refractivity contribution in [2.75, 3.05) is 30.3 Å². The average Bonchev–Trinajstić information content (AvgIpc) is 3.12. The number of anilines is 2. The Balaban J connectivity index is 1.88. The summed E-state index contributed by atoms with van der Waals surface area (Å²) in [5.41, 5.74) is 8.30. The fourth-order valence-electron chi connectivity index (χ4n) is 3.94. The highest BCUT2D eigenvalue weighted by atomic mass is 16.3. The summed E-state index contributed by atoms with van der Waals surface area (Å²) in [7, 11) is 0. The highest BCUT2D eigenvalue weighted by molar-refractivity contribution is 5.95. The summed E-state index contributed by atoms with van der Waals surface area (Å²) in [6, 6.07) is 14.1. The summed E-state index contributed by atoms with van der Waals surface area (Å²) in [6.07, 6.45) is 5.13. The number of piperidine rings is 1. The predicted molar refractivity (Wildman–Crippen MR) is 120 cm³/mol. The van der Waals surface area contributed by atoms with Gasteiger partial charge in [-0.2, -0.15) is 15.6 Å². The lowest BCUT2D eigenvalue weighted by molar-refractivity contribution is 0.270. The molecule has 1 aromatic carbocycles. The zero-order chi connectivity index (χ0) is 21.8. The molecule has 2 aromatic heterocycles. The van der Waals surface area contributed by atoms with Crippen molar-refractivity contribution in [1.29, 1.82) is 10.5 Å². The SMILES string of the molecule is N#C/C(=C\c1cc2ccccc2nc1N1CCCCC1)c1nn(CCO)c(N)c1C#N. The number of nitrogens with two attached hydrogens (primary N) is 1. The van der Waals surface area contributed by atoms with Crippen molar-refractivity contribution in [1.82, 2.24) is 14.8 Å². The van der Waals surface area contributed by atoms with Gasteiger partial charge in [-0.15, -0.1) is 0 Å². The van der Waals surface area contributed by atoms with E-state index < -0.39 is 0 Å². The smallest absolute Gasteiger partial charge is 0.140 e. The number of rotatable bonds is 5. The fraction of sp³-hybridized carbons (Fsp3) is 0.304. The Hall–Kier alpha value is -3.88. The zero-order valence-electron chi connectivity index (χ0n) is 17.1. The van der Waals surface area contributed by atoms with Crippen molar-refractivity contribution in [3.8, 4) is 12.1 Å². The molecule has 0 aliphatic carbocycles. The lowest BCUT2D eigenvalue weighted by Gasteiger charge is -2.29. The lowest BCUT2D eigenvalue weighted by atomic mass is 10.0. The van der Waals surface area contributed by atoms with Crippen molar-refractivity contribution < 1.29 is 5.11 Å². The first-order valence-corrected chi connectivity index (χ1v) is 10.3. The molecule has 0 unspecified atom stereocenters. The molecule has 156 valence electrons. The van der Waals surface area contributed by atoms with E-state index in [-0.39, 0.29) is 35.8 Å². The molecule has 3 heterocycles. The van der Waals surface area contributed by atoms with Crippen molar-refractivity contribution in [3.05, 3.63) is 47.2 Å². The summed E-state index contributed by atoms with van der Waals surface area (Å²) in [6.45, 7) is 1.80. The maximum Gasteiger partial charge on any atom is 0.140 e. The first kappa shape index (κ1) is 20.4. The van der Waals surface area contributed by atoms with Gasteiger partial charge in [0.15, 0.2) is 0 Å². The van der Waals surface area contributed by atoms with E-state index in [9.17, 15) is 15.6 Å². The number of hydrogen-bond donors (Lipinski definition) is 2. The number of benzene rings is 1. The predicted octanol–water partition coefficient (Wildman–Crippen LogP) is 2.93. The maximum atomic E-state index is 9.90. The monoisotopic (exact) mass is 413 g/mol. The van der Waals surface area contributed by atoms with Crippen LogP contribution < -0.4 is 10.6 Å². The molecule has 1 aliphatic heterocycles. The summed E-state index contributed by atoms with van der Waals surface area (Å²) in [5, 5.41) is 34.0. The zero-order valence-corrected chi connectivity index (χ0v) is 17.1. The van der Waals surface area contributed by atoms with Crippen LogP contribution >= 0.6 is 0 Å². The minimum absolute atomic E-state index is 0.134. The highest BCUT2D eigenvalue weighted by Crippen LogP contribution is 2.31. The molecular weight excluding hydrogens is 390 g/mol. The number of aliphatic hydroxyl groups is 1. The molecule has 3 N–H and O–H groups in total. The quantitative estimate of drug-likeness (QED) is 0.615. The summed E-state index contributed by atoms with van der Waals surface area (Å²) >= 11 is 0. The Morgan fingerprint density at radius 3 is 2.68 bits per heavy atom. The topological polar surface area (TPSA) is 128 Å². The number of pyridine rings is 1. The number of nitrogens with zero attached hydrogens (tertiary/aromatic N) is 6. The minimum Gasteiger partial charge on any atom is -0.394 e. The second-order valence-corrected chi connectivity index (χ2v) is 7.48. The largest absolute Gasteiger partial charge is 0.394 e. The number of hydrogen-bond acceptors (Lipinski definition) is 7. The third-order valence-electron chi connectivity index (χ3n) is 5.48. The number of allylic oxidation sites excluding steroid dienone is 1. The van der Waals surface area contributed by atoms with Crippen LogP contribution in [-0.2, 0) is 6.54 Å². The molecule has 0 saturated carbocycles. The van der Waals surface area contributed by atoms with Crippen LogP contribution in [0.5, 0.6) is 0 Å². The van der Waals surface area contributed by atoms with Crippen LogP contribution in [0, 0.1) is 22.7 Å². The minimum atomic E-state index is -0.171. The number of aromatic nitrogens is 3. The second-order valence-electron chi connectivity index (χ2n) is 7.48. The molecule has 8 nitrogen and oxygen atoms in total. The maximum absolute atomic E-state index is 9.90. The molecule has 0 radical (unpaired) electrons. The molecule has 1 saturated heterocycles. The molecule has 0 atom stereocenters. The molecule has 8 heteroatoms. The van der Waals surface area contributed by atoms with Gasteiger partial charge < -0.3 is 15.7 Å². The number of nitriles is 2. The number of para-hydroxylation sites is 1. The Kier molecular flexibility index (Phi) is 5.83. The van der Waals surface area contributed by atoms with E-state index in [1.807, 2.05) is 36.4 Å². The van der Waals surface area contributed by atoms with Crippen molar-refractivity contribution >= 4 is 34.2 Å². The van der Waals surface area contributed by atoms with E-state index in [0.29, 0.717) is 0 Å². The van der Waals surface area contributed by atoms with Gasteiger partial charge in [0.2, 0.25) is 0 Å². The van der Waals surface area contributed by atoms with Crippen LogP contribution in [0.15, 0.2) is 30.3 Å². The molecule has 4 rings (SSSR count). The Labute approximate surface area is 180 Å². The van der Waals surface area contributed by atoms with Gasteiger partial charge in [-0.05, 0) is 37.5 Å². The van der Waals surface area contributed by atoms with Crippen molar-refractivity contribution in [3.63, 3.8) is 0 Å². The van der Waals surface area contributed by atoms with Gasteiger partial charge in [-0.3, -0.25) is 0 Å². The Morgan fingerprint density at radius 2 is 1.97 bits per heavy atom. The number of fused-ring (bicyclic) bond motifs is 1. The standard InChI is InChI=1S/C23H23N7O/c24-14-18(21-19(15-25)22(26)30(28-21)10-11-31)13-17-12-16-6-2-3-7-20(16)27-23(17)29-8-4-1-5-9-29/h2-3,6-7,12-13,31H,1,4-5,8-11,26H2/b18-13+. The van der Waals surface area contributed by atoms with Gasteiger partial charge in [-0.25, -0.2) is 9.67 Å². The van der Waals surface area contributed by atoms with Gasteiger partial charge in [0.1, 0.15) is 35.0 Å². The van der Waals surface area contributed by atoms with Crippen LogP contribution in [-0.4, -0.2) is 39.6 Å². The molecule has 3 aromatic rings. The van der Waals surface area contributed by atoms with E-state index in [0.717, 1.165) is 48.2 Å². The van der Waals surface area contributed by atoms with Crippen molar-refractivity contribution in [2.24, 2.45) is 0 Å². The van der Waals surface area contributed by atoms with Crippen LogP contribution in [0.4, 0.5) is 11.6 Å². The third-order valence-corrected chi connectivity index (χ3v) is 5.48. The van der Waals surface area contributed by atoms with E-state index in [1.165, 1.54) is 11.1 Å². The molecule has 1 fully saturated rings. The number of nitrogen functional groups attached to an aromatic ring is 1. The first-order valence-electron chi connectivity index (χ1n) is 10.3. The van der Waals surface area contributed by atoms with E-state index in [2.05, 4.69) is 16.1 Å². The molecule has 31 heavy (non-hydrogen) atoms. The molecule has 0 spiro atoms. The fourth-order valence-corrected chi connectivity index (χ4v) is 3.94. The Bertz CT molecular complexity index is 1220. The summed E-state index contributed by atoms with van der Waals surface area (Å²) in [4.78, 5) is 7.15. The summed E-state index contributed by atoms with van der Waals surface area (Å²) < 4.78 is 1.35. The van der Waals surface area contributed by atoms with Gasteiger partial charge in [0.05, 0.1) is 24.2 Å². The third kappa shape index (κ3) is 3.94. The molecule has 0 bridgehead atoms. The van der Waals surface area contributed by atoms with Crippen LogP contribution in [0.1, 0.15) is 36.1 Å². The molecular formula is C23H23N7O. The average molecular weight is 413 g/mol. The highest BCUT2D eigenvalue weighted by Gasteiger charge is 2.21. The van der Waals surface area contributed by atoms with Crippen LogP contribution in [0.2, 0.25) is 0 Å². The first-order chi connectivity index (χ1) is 15.2. The Morgan fingerprint density at radius 1 is 1.19 bits per heavy atom. The number of aliphatic hydroxyl groups excluding tert-OH is 1. The molecule has 1 aliphatic rings.